The number of benzene rings is 1. The molecule has 5 heteroatoms. The minimum absolute atomic E-state index is 0.143. The van der Waals surface area contributed by atoms with E-state index in [1.165, 1.54) is 16.7 Å². The Labute approximate surface area is 113 Å². The molecule has 2 rings (SSSR count). The molecule has 0 saturated carbocycles. The van der Waals surface area contributed by atoms with Gasteiger partial charge in [-0.25, -0.2) is 0 Å². The lowest BCUT2D eigenvalue weighted by atomic mass is 10.1. The van der Waals surface area contributed by atoms with E-state index in [1.54, 1.807) is 0 Å². The van der Waals surface area contributed by atoms with Gasteiger partial charge in [0.05, 0.1) is 6.61 Å². The van der Waals surface area contributed by atoms with Gasteiger partial charge in [-0.05, 0) is 30.5 Å². The van der Waals surface area contributed by atoms with Crippen LogP contribution in [-0.4, -0.2) is 41.7 Å². The minimum Gasteiger partial charge on any atom is -0.409 e. The molecule has 0 aromatic heterocycles. The first-order valence-electron chi connectivity index (χ1n) is 6.47. The summed E-state index contributed by atoms with van der Waals surface area (Å²) in [4.78, 5) is 2.26. The lowest BCUT2D eigenvalue weighted by Crippen LogP contribution is -2.48. The SMILES string of the molecule is Cc1ccc(CN2CCOC(C(N)=NO)C2)cc1C. The van der Waals surface area contributed by atoms with Crippen LogP contribution in [0.2, 0.25) is 0 Å². The topological polar surface area (TPSA) is 71.1 Å². The molecule has 0 amide bonds. The van der Waals surface area contributed by atoms with E-state index in [0.29, 0.717) is 13.2 Å². The van der Waals surface area contributed by atoms with Crippen LogP contribution in [0.3, 0.4) is 0 Å². The van der Waals surface area contributed by atoms with E-state index in [1.807, 2.05) is 0 Å². The van der Waals surface area contributed by atoms with Crippen molar-refractivity contribution in [3.63, 3.8) is 0 Å². The second kappa shape index (κ2) is 6.04. The predicted molar refractivity (Wildman–Crippen MR) is 74.3 cm³/mol. The van der Waals surface area contributed by atoms with Gasteiger partial charge in [0.2, 0.25) is 0 Å². The van der Waals surface area contributed by atoms with Crippen molar-refractivity contribution in [2.24, 2.45) is 10.9 Å². The molecule has 1 atom stereocenters. The molecular formula is C14H21N3O2. The maximum Gasteiger partial charge on any atom is 0.169 e. The number of ether oxygens (including phenoxy) is 1. The number of hydrogen-bond donors (Lipinski definition) is 2. The number of oxime groups is 1. The highest BCUT2D eigenvalue weighted by Crippen LogP contribution is 2.14. The van der Waals surface area contributed by atoms with Crippen LogP contribution in [0.5, 0.6) is 0 Å². The molecule has 1 fully saturated rings. The third kappa shape index (κ3) is 3.45. The number of aryl methyl sites for hydroxylation is 2. The Morgan fingerprint density at radius 2 is 2.26 bits per heavy atom. The highest BCUT2D eigenvalue weighted by molar-refractivity contribution is 5.84. The van der Waals surface area contributed by atoms with Gasteiger partial charge in [-0.15, -0.1) is 0 Å². The van der Waals surface area contributed by atoms with Gasteiger partial charge in [0.25, 0.3) is 0 Å². The van der Waals surface area contributed by atoms with Crippen molar-refractivity contribution in [1.82, 2.24) is 4.90 Å². The molecule has 0 bridgehead atoms. The molecule has 5 nitrogen and oxygen atoms in total. The molecule has 3 N–H and O–H groups in total. The average Bonchev–Trinajstić information content (AvgIpc) is 2.42. The van der Waals surface area contributed by atoms with Crippen molar-refractivity contribution in [2.75, 3.05) is 19.7 Å². The molecule has 1 unspecified atom stereocenters. The van der Waals surface area contributed by atoms with E-state index in [2.05, 4.69) is 42.1 Å². The monoisotopic (exact) mass is 263 g/mol. The third-order valence-corrected chi connectivity index (χ3v) is 3.57. The normalized spacial score (nSPS) is 21.6. The summed E-state index contributed by atoms with van der Waals surface area (Å²) in [5.41, 5.74) is 9.49. The van der Waals surface area contributed by atoms with Gasteiger partial charge < -0.3 is 15.7 Å². The van der Waals surface area contributed by atoms with Crippen molar-refractivity contribution in [2.45, 2.75) is 26.5 Å². The number of hydrogen-bond acceptors (Lipinski definition) is 4. The van der Waals surface area contributed by atoms with E-state index in [0.717, 1.165) is 13.1 Å². The maximum absolute atomic E-state index is 8.69. The van der Waals surface area contributed by atoms with E-state index in [4.69, 9.17) is 15.7 Å². The van der Waals surface area contributed by atoms with Gasteiger partial charge in [0.1, 0.15) is 6.10 Å². The van der Waals surface area contributed by atoms with E-state index < -0.39 is 0 Å². The molecule has 1 aliphatic heterocycles. The molecule has 0 radical (unpaired) electrons. The summed E-state index contributed by atoms with van der Waals surface area (Å²) < 4.78 is 5.48. The van der Waals surface area contributed by atoms with Crippen LogP contribution in [0.4, 0.5) is 0 Å². The summed E-state index contributed by atoms with van der Waals surface area (Å²) in [6.07, 6.45) is -0.315. The average molecular weight is 263 g/mol. The molecule has 1 aromatic carbocycles. The number of nitrogens with two attached hydrogens (primary N) is 1. The molecule has 0 spiro atoms. The highest BCUT2D eigenvalue weighted by atomic mass is 16.5. The van der Waals surface area contributed by atoms with Crippen molar-refractivity contribution < 1.29 is 9.94 Å². The molecule has 1 aliphatic rings. The molecule has 104 valence electrons. The fraction of sp³-hybridized carbons (Fsp3) is 0.500. The zero-order valence-electron chi connectivity index (χ0n) is 11.5. The fourth-order valence-electron chi connectivity index (χ4n) is 2.25. The van der Waals surface area contributed by atoms with Crippen molar-refractivity contribution >= 4 is 5.84 Å². The Hall–Kier alpha value is -1.59. The molecule has 1 heterocycles. The van der Waals surface area contributed by atoms with Crippen LogP contribution in [0.15, 0.2) is 23.4 Å². The van der Waals surface area contributed by atoms with Gasteiger partial charge in [-0.2, -0.15) is 0 Å². The Morgan fingerprint density at radius 3 is 2.95 bits per heavy atom. The number of rotatable bonds is 3. The first-order valence-corrected chi connectivity index (χ1v) is 6.47. The van der Waals surface area contributed by atoms with Gasteiger partial charge in [0.15, 0.2) is 5.84 Å². The van der Waals surface area contributed by atoms with E-state index in [-0.39, 0.29) is 11.9 Å². The van der Waals surface area contributed by atoms with E-state index in [9.17, 15) is 0 Å². The van der Waals surface area contributed by atoms with Crippen LogP contribution < -0.4 is 5.73 Å². The Morgan fingerprint density at radius 1 is 1.47 bits per heavy atom. The standard InChI is InChI=1S/C14H21N3O2/c1-10-3-4-12(7-11(10)2)8-17-5-6-19-13(9-17)14(15)16-18/h3-4,7,13,18H,5-6,8-9H2,1-2H3,(H2,15,16). The quantitative estimate of drug-likeness (QED) is 0.373. The van der Waals surface area contributed by atoms with Gasteiger partial charge in [0, 0.05) is 19.6 Å². The summed E-state index contributed by atoms with van der Waals surface area (Å²) in [5, 5.41) is 11.7. The minimum atomic E-state index is -0.315. The maximum atomic E-state index is 8.69. The molecule has 0 aliphatic carbocycles. The van der Waals surface area contributed by atoms with Gasteiger partial charge in [-0.3, -0.25) is 4.90 Å². The van der Waals surface area contributed by atoms with Gasteiger partial charge in [-0.1, -0.05) is 23.4 Å². The fourth-order valence-corrected chi connectivity index (χ4v) is 2.25. The Balaban J connectivity index is 2.00. The lowest BCUT2D eigenvalue weighted by molar-refractivity contribution is 0.00141. The zero-order chi connectivity index (χ0) is 13.8. The first kappa shape index (κ1) is 13.8. The van der Waals surface area contributed by atoms with Crippen LogP contribution in [0, 0.1) is 13.8 Å². The Kier molecular flexibility index (Phi) is 4.39. The third-order valence-electron chi connectivity index (χ3n) is 3.57. The summed E-state index contributed by atoms with van der Waals surface area (Å²) in [6.45, 7) is 7.22. The van der Waals surface area contributed by atoms with Crippen LogP contribution in [-0.2, 0) is 11.3 Å². The summed E-state index contributed by atoms with van der Waals surface area (Å²) in [7, 11) is 0. The van der Waals surface area contributed by atoms with Crippen molar-refractivity contribution in [1.29, 1.82) is 0 Å². The second-order valence-corrected chi connectivity index (χ2v) is 5.04. The smallest absolute Gasteiger partial charge is 0.169 e. The molecule has 19 heavy (non-hydrogen) atoms. The summed E-state index contributed by atoms with van der Waals surface area (Å²) >= 11 is 0. The molecule has 1 saturated heterocycles. The van der Waals surface area contributed by atoms with Crippen molar-refractivity contribution in [3.8, 4) is 0 Å². The summed E-state index contributed by atoms with van der Waals surface area (Å²) in [5.74, 6) is 0.143. The van der Waals surface area contributed by atoms with Crippen LogP contribution >= 0.6 is 0 Å². The first-order chi connectivity index (χ1) is 9.10. The largest absolute Gasteiger partial charge is 0.409 e. The summed E-state index contributed by atoms with van der Waals surface area (Å²) in [6, 6.07) is 6.51. The van der Waals surface area contributed by atoms with Crippen LogP contribution in [0.1, 0.15) is 16.7 Å². The number of nitrogens with zero attached hydrogens (tertiary/aromatic N) is 2. The second-order valence-electron chi connectivity index (χ2n) is 5.04. The van der Waals surface area contributed by atoms with Crippen molar-refractivity contribution in [3.05, 3.63) is 34.9 Å². The molecule has 1 aromatic rings. The Bertz CT molecular complexity index is 474. The predicted octanol–water partition coefficient (Wildman–Crippen LogP) is 1.25. The van der Waals surface area contributed by atoms with Gasteiger partial charge >= 0.3 is 0 Å². The zero-order valence-corrected chi connectivity index (χ0v) is 11.5. The lowest BCUT2D eigenvalue weighted by Gasteiger charge is -2.32. The van der Waals surface area contributed by atoms with E-state index >= 15 is 0 Å². The number of amidine groups is 1. The highest BCUT2D eigenvalue weighted by Gasteiger charge is 2.23. The molecular weight excluding hydrogens is 242 g/mol. The van der Waals surface area contributed by atoms with Crippen LogP contribution in [0.25, 0.3) is 0 Å². The number of morpholine rings is 1.